The molecule has 1 saturated heterocycles. The van der Waals surface area contributed by atoms with E-state index < -0.39 is 0 Å². The maximum atomic E-state index is 6.04. The van der Waals surface area contributed by atoms with Crippen LogP contribution >= 0.6 is 24.0 Å². The van der Waals surface area contributed by atoms with Gasteiger partial charge >= 0.3 is 0 Å². The molecule has 25 heavy (non-hydrogen) atoms. The van der Waals surface area contributed by atoms with E-state index in [1.807, 2.05) is 7.05 Å². The zero-order valence-corrected chi connectivity index (χ0v) is 18.5. The molecular weight excluding hydrogens is 427 g/mol. The standard InChI is InChI=1S/C19H32N4O.HI/c1-15-7-8-17(16(2)13-15)18-14-23(11-12-24-18)19(20-3)21-9-6-10-22(4)5;/h7-8,13,18H,6,9-12,14H2,1-5H3,(H,20,21);1H. The Morgan fingerprint density at radius 2 is 2.12 bits per heavy atom. The number of aryl methyl sites for hydroxylation is 2. The minimum absolute atomic E-state index is 0. The predicted molar refractivity (Wildman–Crippen MR) is 116 cm³/mol. The van der Waals surface area contributed by atoms with E-state index in [1.165, 1.54) is 16.7 Å². The van der Waals surface area contributed by atoms with Gasteiger partial charge in [0.05, 0.1) is 13.2 Å². The SMILES string of the molecule is CN=C(NCCCN(C)C)N1CCOC(c2ccc(C)cc2C)C1.I. The topological polar surface area (TPSA) is 40.1 Å². The van der Waals surface area contributed by atoms with Crippen LogP contribution in [0.3, 0.4) is 0 Å². The summed E-state index contributed by atoms with van der Waals surface area (Å²) in [5.74, 6) is 0.979. The average molecular weight is 460 g/mol. The first kappa shape index (κ1) is 22.2. The predicted octanol–water partition coefficient (Wildman–Crippen LogP) is 2.82. The lowest BCUT2D eigenvalue weighted by molar-refractivity contribution is -0.00831. The van der Waals surface area contributed by atoms with Crippen LogP contribution in [0.4, 0.5) is 0 Å². The van der Waals surface area contributed by atoms with Crippen molar-refractivity contribution in [1.29, 1.82) is 0 Å². The van der Waals surface area contributed by atoms with Crippen LogP contribution in [0, 0.1) is 13.8 Å². The fourth-order valence-corrected chi connectivity index (χ4v) is 3.14. The Kier molecular flexibility index (Phi) is 9.74. The molecule has 1 aromatic carbocycles. The largest absolute Gasteiger partial charge is 0.370 e. The molecule has 1 heterocycles. The lowest BCUT2D eigenvalue weighted by Crippen LogP contribution is -2.48. The first-order valence-electron chi connectivity index (χ1n) is 8.80. The van der Waals surface area contributed by atoms with E-state index in [4.69, 9.17) is 4.74 Å². The maximum Gasteiger partial charge on any atom is 0.193 e. The van der Waals surface area contributed by atoms with Crippen LogP contribution in [0.1, 0.15) is 29.2 Å². The third-order valence-electron chi connectivity index (χ3n) is 4.42. The Morgan fingerprint density at radius 1 is 1.36 bits per heavy atom. The Morgan fingerprint density at radius 3 is 2.76 bits per heavy atom. The zero-order valence-electron chi connectivity index (χ0n) is 16.2. The fourth-order valence-electron chi connectivity index (χ4n) is 3.14. The van der Waals surface area contributed by atoms with Gasteiger partial charge in [0, 0.05) is 20.1 Å². The average Bonchev–Trinajstić information content (AvgIpc) is 2.55. The highest BCUT2D eigenvalue weighted by Gasteiger charge is 2.25. The number of aliphatic imine (C=N–C) groups is 1. The number of benzene rings is 1. The Hall–Kier alpha value is -0.860. The van der Waals surface area contributed by atoms with E-state index in [9.17, 15) is 0 Å². The molecule has 2 rings (SSSR count). The number of nitrogens with zero attached hydrogens (tertiary/aromatic N) is 3. The maximum absolute atomic E-state index is 6.04. The normalized spacial score (nSPS) is 18.2. The van der Waals surface area contributed by atoms with E-state index in [0.717, 1.165) is 45.2 Å². The number of guanidine groups is 1. The summed E-state index contributed by atoms with van der Waals surface area (Å²) in [6.45, 7) is 8.78. The van der Waals surface area contributed by atoms with Gasteiger partial charge in [0.15, 0.2) is 5.96 Å². The van der Waals surface area contributed by atoms with Crippen LogP contribution < -0.4 is 5.32 Å². The summed E-state index contributed by atoms with van der Waals surface area (Å²) in [5, 5.41) is 3.48. The van der Waals surface area contributed by atoms with Crippen LogP contribution in [0.2, 0.25) is 0 Å². The van der Waals surface area contributed by atoms with Gasteiger partial charge in [0.2, 0.25) is 0 Å². The van der Waals surface area contributed by atoms with Crippen molar-refractivity contribution in [2.24, 2.45) is 4.99 Å². The van der Waals surface area contributed by atoms with Crippen LogP contribution in [-0.4, -0.2) is 69.7 Å². The molecule has 1 fully saturated rings. The molecule has 0 spiro atoms. The summed E-state index contributed by atoms with van der Waals surface area (Å²) in [7, 11) is 6.06. The summed E-state index contributed by atoms with van der Waals surface area (Å²) in [6, 6.07) is 6.59. The van der Waals surface area contributed by atoms with Gasteiger partial charge in [-0.2, -0.15) is 0 Å². The van der Waals surface area contributed by atoms with Crippen LogP contribution in [0.15, 0.2) is 23.2 Å². The van der Waals surface area contributed by atoms with Gasteiger partial charge in [0.25, 0.3) is 0 Å². The van der Waals surface area contributed by atoms with Gasteiger partial charge in [0.1, 0.15) is 6.10 Å². The van der Waals surface area contributed by atoms with E-state index >= 15 is 0 Å². The van der Waals surface area contributed by atoms with Crippen molar-refractivity contribution in [3.05, 3.63) is 34.9 Å². The second-order valence-corrected chi connectivity index (χ2v) is 6.80. The molecule has 0 aliphatic carbocycles. The number of ether oxygens (including phenoxy) is 1. The quantitative estimate of drug-likeness (QED) is 0.318. The smallest absolute Gasteiger partial charge is 0.193 e. The summed E-state index contributed by atoms with van der Waals surface area (Å²) in [5.41, 5.74) is 3.88. The molecule has 6 heteroatoms. The molecule has 1 N–H and O–H groups in total. The van der Waals surface area contributed by atoms with Crippen LogP contribution in [0.5, 0.6) is 0 Å². The highest BCUT2D eigenvalue weighted by atomic mass is 127. The number of halogens is 1. The highest BCUT2D eigenvalue weighted by molar-refractivity contribution is 14.0. The summed E-state index contributed by atoms with van der Waals surface area (Å²) in [6.07, 6.45) is 1.22. The molecule has 0 aromatic heterocycles. The van der Waals surface area contributed by atoms with Crippen molar-refractivity contribution in [3.63, 3.8) is 0 Å². The van der Waals surface area contributed by atoms with Crippen LogP contribution in [0.25, 0.3) is 0 Å². The molecule has 1 unspecified atom stereocenters. The Bertz CT molecular complexity index is 562. The van der Waals surface area contributed by atoms with E-state index in [0.29, 0.717) is 0 Å². The summed E-state index contributed by atoms with van der Waals surface area (Å²) in [4.78, 5) is 8.97. The van der Waals surface area contributed by atoms with Crippen molar-refractivity contribution in [2.45, 2.75) is 26.4 Å². The molecule has 0 radical (unpaired) electrons. The van der Waals surface area contributed by atoms with Gasteiger partial charge in [-0.15, -0.1) is 24.0 Å². The van der Waals surface area contributed by atoms with Crippen molar-refractivity contribution in [3.8, 4) is 0 Å². The lowest BCUT2D eigenvalue weighted by Gasteiger charge is -2.36. The number of hydrogen-bond donors (Lipinski definition) is 1. The van der Waals surface area contributed by atoms with Crippen molar-refractivity contribution < 1.29 is 4.74 Å². The molecular formula is C19H33IN4O. The Balaban J connectivity index is 0.00000312. The molecule has 1 atom stereocenters. The molecule has 142 valence electrons. The lowest BCUT2D eigenvalue weighted by atomic mass is 10.00. The molecule has 1 aliphatic heterocycles. The van der Waals surface area contributed by atoms with E-state index in [-0.39, 0.29) is 30.1 Å². The Labute approximate surface area is 169 Å². The molecule has 0 amide bonds. The minimum atomic E-state index is 0. The second kappa shape index (κ2) is 11.0. The second-order valence-electron chi connectivity index (χ2n) is 6.80. The third kappa shape index (κ3) is 6.75. The third-order valence-corrected chi connectivity index (χ3v) is 4.42. The first-order chi connectivity index (χ1) is 11.5. The number of rotatable bonds is 5. The van der Waals surface area contributed by atoms with Crippen molar-refractivity contribution >= 4 is 29.9 Å². The van der Waals surface area contributed by atoms with Crippen molar-refractivity contribution in [1.82, 2.24) is 15.1 Å². The van der Waals surface area contributed by atoms with Gasteiger partial charge in [-0.3, -0.25) is 4.99 Å². The van der Waals surface area contributed by atoms with Gasteiger partial charge in [-0.05, 0) is 52.0 Å². The molecule has 0 saturated carbocycles. The monoisotopic (exact) mass is 460 g/mol. The summed E-state index contributed by atoms with van der Waals surface area (Å²) < 4.78 is 6.04. The number of morpholine rings is 1. The van der Waals surface area contributed by atoms with E-state index in [1.54, 1.807) is 0 Å². The molecule has 1 aromatic rings. The molecule has 5 nitrogen and oxygen atoms in total. The summed E-state index contributed by atoms with van der Waals surface area (Å²) >= 11 is 0. The highest BCUT2D eigenvalue weighted by Crippen LogP contribution is 2.25. The van der Waals surface area contributed by atoms with Crippen LogP contribution in [-0.2, 0) is 4.74 Å². The van der Waals surface area contributed by atoms with Gasteiger partial charge in [-0.1, -0.05) is 23.8 Å². The minimum Gasteiger partial charge on any atom is -0.370 e. The fraction of sp³-hybridized carbons (Fsp3) is 0.632. The van der Waals surface area contributed by atoms with Gasteiger partial charge in [-0.25, -0.2) is 0 Å². The zero-order chi connectivity index (χ0) is 17.5. The van der Waals surface area contributed by atoms with E-state index in [2.05, 4.69) is 66.3 Å². The van der Waals surface area contributed by atoms with Crippen molar-refractivity contribution in [2.75, 3.05) is 53.9 Å². The van der Waals surface area contributed by atoms with Gasteiger partial charge < -0.3 is 19.9 Å². The molecule has 0 bridgehead atoms. The first-order valence-corrected chi connectivity index (χ1v) is 8.80. The number of hydrogen-bond acceptors (Lipinski definition) is 3. The molecule has 1 aliphatic rings. The number of nitrogens with one attached hydrogen (secondary N) is 1.